The molecule has 1 nitrogen and oxygen atoms in total. The first-order valence-corrected chi connectivity index (χ1v) is 7.48. The largest absolute Gasteiger partial charge is 0.382 e. The van der Waals surface area contributed by atoms with Gasteiger partial charge in [-0.3, -0.25) is 0 Å². The van der Waals surface area contributed by atoms with E-state index in [1.165, 1.54) is 33.2 Å². The highest BCUT2D eigenvalue weighted by Gasteiger charge is 2.17. The second-order valence-corrected chi connectivity index (χ2v) is 6.11. The number of hydrogen-bond acceptors (Lipinski definition) is 1. The SMILES string of the molecule is Ic1ccc(NC2CCc3ccccc3C2)cc1. The van der Waals surface area contributed by atoms with Gasteiger partial charge >= 0.3 is 0 Å². The first-order valence-electron chi connectivity index (χ1n) is 6.40. The van der Waals surface area contributed by atoms with Crippen LogP contribution in [0.15, 0.2) is 48.5 Å². The maximum atomic E-state index is 3.65. The van der Waals surface area contributed by atoms with Crippen LogP contribution in [-0.2, 0) is 12.8 Å². The van der Waals surface area contributed by atoms with Crippen LogP contribution in [0.2, 0.25) is 0 Å². The van der Waals surface area contributed by atoms with Crippen LogP contribution in [0.4, 0.5) is 5.69 Å². The zero-order chi connectivity index (χ0) is 12.4. The van der Waals surface area contributed by atoms with Crippen LogP contribution >= 0.6 is 22.6 Å². The van der Waals surface area contributed by atoms with E-state index >= 15 is 0 Å². The van der Waals surface area contributed by atoms with Gasteiger partial charge in [-0.05, 0) is 77.2 Å². The second-order valence-electron chi connectivity index (χ2n) is 4.86. The third kappa shape index (κ3) is 2.69. The summed E-state index contributed by atoms with van der Waals surface area (Å²) in [5, 5.41) is 3.65. The van der Waals surface area contributed by atoms with Gasteiger partial charge in [-0.25, -0.2) is 0 Å². The van der Waals surface area contributed by atoms with E-state index in [4.69, 9.17) is 0 Å². The van der Waals surface area contributed by atoms with E-state index in [-0.39, 0.29) is 0 Å². The van der Waals surface area contributed by atoms with Crippen molar-refractivity contribution in [1.29, 1.82) is 0 Å². The zero-order valence-electron chi connectivity index (χ0n) is 10.2. The van der Waals surface area contributed by atoms with E-state index in [0.717, 1.165) is 6.42 Å². The summed E-state index contributed by atoms with van der Waals surface area (Å²) in [6, 6.07) is 18.0. The molecule has 18 heavy (non-hydrogen) atoms. The van der Waals surface area contributed by atoms with Gasteiger partial charge in [0.25, 0.3) is 0 Å². The molecule has 0 saturated heterocycles. The summed E-state index contributed by atoms with van der Waals surface area (Å²) in [6.07, 6.45) is 3.56. The van der Waals surface area contributed by atoms with Crippen LogP contribution in [0.1, 0.15) is 17.5 Å². The smallest absolute Gasteiger partial charge is 0.0343 e. The molecule has 1 unspecified atom stereocenters. The molecule has 0 aromatic heterocycles. The van der Waals surface area contributed by atoms with Crippen molar-refractivity contribution in [3.63, 3.8) is 0 Å². The van der Waals surface area contributed by atoms with E-state index in [1.807, 2.05) is 0 Å². The highest BCUT2D eigenvalue weighted by atomic mass is 127. The van der Waals surface area contributed by atoms with Gasteiger partial charge in [0.15, 0.2) is 0 Å². The van der Waals surface area contributed by atoms with Crippen LogP contribution in [0, 0.1) is 3.57 Å². The number of nitrogens with one attached hydrogen (secondary N) is 1. The maximum Gasteiger partial charge on any atom is 0.0343 e. The lowest BCUT2D eigenvalue weighted by Crippen LogP contribution is -2.27. The van der Waals surface area contributed by atoms with Crippen LogP contribution in [0.5, 0.6) is 0 Å². The van der Waals surface area contributed by atoms with Crippen molar-refractivity contribution in [3.8, 4) is 0 Å². The molecule has 0 radical (unpaired) electrons. The second kappa shape index (κ2) is 5.31. The number of rotatable bonds is 2. The molecule has 0 amide bonds. The van der Waals surface area contributed by atoms with Crippen molar-refractivity contribution in [3.05, 3.63) is 63.2 Å². The van der Waals surface area contributed by atoms with Crippen molar-refractivity contribution < 1.29 is 0 Å². The molecule has 92 valence electrons. The molecule has 1 atom stereocenters. The molecule has 0 heterocycles. The fraction of sp³-hybridized carbons (Fsp3) is 0.250. The Labute approximate surface area is 122 Å². The van der Waals surface area contributed by atoms with Gasteiger partial charge in [-0.1, -0.05) is 24.3 Å². The number of anilines is 1. The highest BCUT2D eigenvalue weighted by molar-refractivity contribution is 14.1. The predicted molar refractivity (Wildman–Crippen MR) is 85.0 cm³/mol. The van der Waals surface area contributed by atoms with Crippen molar-refractivity contribution in [1.82, 2.24) is 0 Å². The lowest BCUT2D eigenvalue weighted by Gasteiger charge is -2.26. The average molecular weight is 349 g/mol. The molecule has 0 spiro atoms. The summed E-state index contributed by atoms with van der Waals surface area (Å²) >= 11 is 2.34. The Kier molecular flexibility index (Phi) is 3.55. The van der Waals surface area contributed by atoms with Crippen LogP contribution in [0.25, 0.3) is 0 Å². The lowest BCUT2D eigenvalue weighted by atomic mass is 9.88. The van der Waals surface area contributed by atoms with E-state index < -0.39 is 0 Å². The molecule has 3 rings (SSSR count). The molecule has 2 aromatic carbocycles. The summed E-state index contributed by atoms with van der Waals surface area (Å²) in [6.45, 7) is 0. The first kappa shape index (κ1) is 12.0. The summed E-state index contributed by atoms with van der Waals surface area (Å²) in [4.78, 5) is 0. The zero-order valence-corrected chi connectivity index (χ0v) is 12.4. The summed E-state index contributed by atoms with van der Waals surface area (Å²) in [5.41, 5.74) is 4.27. The standard InChI is InChI=1S/C16H16IN/c17-14-6-9-15(10-7-14)18-16-8-5-12-3-1-2-4-13(12)11-16/h1-4,6-7,9-10,16,18H,5,8,11H2. The van der Waals surface area contributed by atoms with Gasteiger partial charge in [0.05, 0.1) is 0 Å². The minimum atomic E-state index is 0.569. The van der Waals surface area contributed by atoms with E-state index in [2.05, 4.69) is 76.4 Å². The fourth-order valence-electron chi connectivity index (χ4n) is 2.60. The van der Waals surface area contributed by atoms with Gasteiger partial charge in [0.1, 0.15) is 0 Å². The summed E-state index contributed by atoms with van der Waals surface area (Å²) in [7, 11) is 0. The minimum absolute atomic E-state index is 0.569. The number of halogens is 1. The fourth-order valence-corrected chi connectivity index (χ4v) is 2.96. The van der Waals surface area contributed by atoms with Gasteiger partial charge in [-0.15, -0.1) is 0 Å². The van der Waals surface area contributed by atoms with Crippen molar-refractivity contribution in [2.75, 3.05) is 5.32 Å². The van der Waals surface area contributed by atoms with Gasteiger partial charge in [0, 0.05) is 15.3 Å². The molecule has 2 aromatic rings. The Bertz CT molecular complexity index is 533. The first-order chi connectivity index (χ1) is 8.81. The molecule has 0 bridgehead atoms. The molecule has 1 aliphatic rings. The van der Waals surface area contributed by atoms with E-state index in [0.29, 0.717) is 6.04 Å². The molecular formula is C16H16IN. The number of benzene rings is 2. The Morgan fingerprint density at radius 2 is 1.67 bits per heavy atom. The predicted octanol–water partition coefficient (Wildman–Crippen LogP) is 4.26. The van der Waals surface area contributed by atoms with Gasteiger partial charge < -0.3 is 5.32 Å². The molecule has 0 saturated carbocycles. The lowest BCUT2D eigenvalue weighted by molar-refractivity contribution is 0.611. The van der Waals surface area contributed by atoms with Gasteiger partial charge in [-0.2, -0.15) is 0 Å². The molecule has 1 aliphatic carbocycles. The quantitative estimate of drug-likeness (QED) is 0.799. The van der Waals surface area contributed by atoms with Crippen LogP contribution < -0.4 is 5.32 Å². The monoisotopic (exact) mass is 349 g/mol. The molecule has 0 aliphatic heterocycles. The maximum absolute atomic E-state index is 3.65. The van der Waals surface area contributed by atoms with Crippen molar-refractivity contribution in [2.45, 2.75) is 25.3 Å². The molecular weight excluding hydrogens is 333 g/mol. The van der Waals surface area contributed by atoms with Crippen molar-refractivity contribution >= 4 is 28.3 Å². The van der Waals surface area contributed by atoms with Crippen molar-refractivity contribution in [2.24, 2.45) is 0 Å². The third-order valence-corrected chi connectivity index (χ3v) is 4.28. The highest BCUT2D eigenvalue weighted by Crippen LogP contribution is 2.23. The number of hydrogen-bond donors (Lipinski definition) is 1. The Hall–Kier alpha value is -1.03. The number of aryl methyl sites for hydroxylation is 1. The minimum Gasteiger partial charge on any atom is -0.382 e. The Morgan fingerprint density at radius 1 is 0.944 bits per heavy atom. The Morgan fingerprint density at radius 3 is 2.44 bits per heavy atom. The van der Waals surface area contributed by atoms with E-state index in [1.54, 1.807) is 0 Å². The summed E-state index contributed by atoms with van der Waals surface area (Å²) in [5.74, 6) is 0. The number of fused-ring (bicyclic) bond motifs is 1. The van der Waals surface area contributed by atoms with Crippen LogP contribution in [-0.4, -0.2) is 6.04 Å². The normalized spacial score (nSPS) is 18.2. The van der Waals surface area contributed by atoms with Gasteiger partial charge in [0.2, 0.25) is 0 Å². The molecule has 0 fully saturated rings. The Balaban J connectivity index is 1.71. The average Bonchev–Trinajstić information content (AvgIpc) is 2.41. The summed E-state index contributed by atoms with van der Waals surface area (Å²) < 4.78 is 1.28. The van der Waals surface area contributed by atoms with E-state index in [9.17, 15) is 0 Å². The van der Waals surface area contributed by atoms with Crippen LogP contribution in [0.3, 0.4) is 0 Å². The topological polar surface area (TPSA) is 12.0 Å². The third-order valence-electron chi connectivity index (χ3n) is 3.56. The molecule has 1 N–H and O–H groups in total. The molecule has 2 heteroatoms.